The highest BCUT2D eigenvalue weighted by Crippen LogP contribution is 2.24. The first-order valence-electron chi connectivity index (χ1n) is 5.47. The quantitative estimate of drug-likeness (QED) is 0.796. The fourth-order valence-electron chi connectivity index (χ4n) is 1.85. The van der Waals surface area contributed by atoms with Gasteiger partial charge in [-0.3, -0.25) is 4.79 Å². The predicted octanol–water partition coefficient (Wildman–Crippen LogP) is 3.32. The van der Waals surface area contributed by atoms with Crippen molar-refractivity contribution < 1.29 is 4.79 Å². The lowest BCUT2D eigenvalue weighted by atomic mass is 10.2. The number of nitrogens with zero attached hydrogens (tertiary/aromatic N) is 1. The normalized spacial score (nSPS) is 20.4. The lowest BCUT2D eigenvalue weighted by Crippen LogP contribution is -2.41. The molecule has 1 aromatic rings. The van der Waals surface area contributed by atoms with Gasteiger partial charge < -0.3 is 4.90 Å². The predicted molar refractivity (Wildman–Crippen MR) is 79.2 cm³/mol. The topological polar surface area (TPSA) is 20.3 Å². The summed E-state index contributed by atoms with van der Waals surface area (Å²) in [6.07, 6.45) is 0. The number of thioether (sulfide) groups is 1. The van der Waals surface area contributed by atoms with Crippen molar-refractivity contribution in [3.63, 3.8) is 0 Å². The summed E-state index contributed by atoms with van der Waals surface area (Å²) in [5, 5.41) is 0.519. The van der Waals surface area contributed by atoms with Gasteiger partial charge in [-0.2, -0.15) is 11.8 Å². The van der Waals surface area contributed by atoms with Crippen molar-refractivity contribution in [1.29, 1.82) is 0 Å². The second-order valence-corrected chi connectivity index (χ2v) is 7.01. The van der Waals surface area contributed by atoms with E-state index in [1.54, 1.807) is 0 Å². The number of thiol groups is 1. The zero-order valence-corrected chi connectivity index (χ0v) is 12.8. The molecule has 0 saturated carbocycles. The molecule has 17 heavy (non-hydrogen) atoms. The summed E-state index contributed by atoms with van der Waals surface area (Å²) in [6, 6.07) is 5.57. The molecule has 1 aliphatic rings. The minimum atomic E-state index is 0.0972. The van der Waals surface area contributed by atoms with Crippen LogP contribution in [0.25, 0.3) is 0 Å². The van der Waals surface area contributed by atoms with Crippen LogP contribution in [0.4, 0.5) is 0 Å². The molecular weight excluding hydrogens is 318 g/mol. The second-order valence-electron chi connectivity index (χ2n) is 4.10. The average Bonchev–Trinajstić information content (AvgIpc) is 2.31. The smallest absolute Gasteiger partial charge is 0.255 e. The summed E-state index contributed by atoms with van der Waals surface area (Å²) in [6.45, 7) is 3.82. The summed E-state index contributed by atoms with van der Waals surface area (Å²) in [4.78, 5) is 15.1. The molecule has 1 atom stereocenters. The Kier molecular flexibility index (Phi) is 4.44. The van der Waals surface area contributed by atoms with Gasteiger partial charge in [0.15, 0.2) is 0 Å². The zero-order chi connectivity index (χ0) is 12.4. The second kappa shape index (κ2) is 5.67. The van der Waals surface area contributed by atoms with Crippen LogP contribution in [0.2, 0.25) is 0 Å². The molecule has 1 unspecified atom stereocenters. The molecule has 0 aromatic heterocycles. The van der Waals surface area contributed by atoms with Crippen LogP contribution in [-0.4, -0.2) is 34.9 Å². The van der Waals surface area contributed by atoms with Gasteiger partial charge in [-0.15, -0.1) is 12.6 Å². The van der Waals surface area contributed by atoms with Crippen molar-refractivity contribution in [3.8, 4) is 0 Å². The zero-order valence-electron chi connectivity index (χ0n) is 9.52. The average molecular weight is 332 g/mol. The Balaban J connectivity index is 2.21. The van der Waals surface area contributed by atoms with Gasteiger partial charge in [0.05, 0.1) is 5.56 Å². The molecule has 0 spiro atoms. The fraction of sp³-hybridized carbons (Fsp3) is 0.417. The van der Waals surface area contributed by atoms with E-state index < -0.39 is 0 Å². The van der Waals surface area contributed by atoms with E-state index in [-0.39, 0.29) is 5.91 Å². The van der Waals surface area contributed by atoms with Crippen LogP contribution >= 0.6 is 40.3 Å². The van der Waals surface area contributed by atoms with Gasteiger partial charge in [-0.05, 0) is 34.1 Å². The molecule has 0 N–H and O–H groups in total. The minimum absolute atomic E-state index is 0.0972. The molecule has 0 radical (unpaired) electrons. The van der Waals surface area contributed by atoms with Crippen LogP contribution in [0.15, 0.2) is 27.6 Å². The highest BCUT2D eigenvalue weighted by Gasteiger charge is 2.23. The number of rotatable bonds is 1. The van der Waals surface area contributed by atoms with E-state index in [2.05, 4.69) is 35.5 Å². The molecule has 5 heteroatoms. The van der Waals surface area contributed by atoms with Gasteiger partial charge in [0, 0.05) is 33.5 Å². The lowest BCUT2D eigenvalue weighted by molar-refractivity contribution is 0.0762. The Morgan fingerprint density at radius 3 is 3.06 bits per heavy atom. The van der Waals surface area contributed by atoms with Crippen molar-refractivity contribution in [2.45, 2.75) is 17.1 Å². The highest BCUT2D eigenvalue weighted by molar-refractivity contribution is 9.10. The number of benzene rings is 1. The van der Waals surface area contributed by atoms with E-state index in [0.717, 1.165) is 28.2 Å². The third-order valence-electron chi connectivity index (χ3n) is 2.71. The Morgan fingerprint density at radius 2 is 2.35 bits per heavy atom. The van der Waals surface area contributed by atoms with Gasteiger partial charge in [0.25, 0.3) is 5.91 Å². The van der Waals surface area contributed by atoms with Crippen molar-refractivity contribution in [1.82, 2.24) is 4.90 Å². The molecule has 0 bridgehead atoms. The maximum absolute atomic E-state index is 12.4. The van der Waals surface area contributed by atoms with Crippen molar-refractivity contribution in [2.75, 3.05) is 18.8 Å². The van der Waals surface area contributed by atoms with Gasteiger partial charge in [-0.1, -0.05) is 6.92 Å². The standard InChI is InChI=1S/C12H14BrNOS2/c1-8-7-14(4-5-17-8)12(15)10-6-9(16)2-3-11(10)13/h2-3,6,8,16H,4-5,7H2,1H3. The van der Waals surface area contributed by atoms with Gasteiger partial charge in [0.1, 0.15) is 0 Å². The van der Waals surface area contributed by atoms with Crippen LogP contribution in [0, 0.1) is 0 Å². The third kappa shape index (κ3) is 3.20. The number of amides is 1. The van der Waals surface area contributed by atoms with E-state index in [1.807, 2.05) is 34.9 Å². The number of hydrogen-bond acceptors (Lipinski definition) is 3. The van der Waals surface area contributed by atoms with Crippen molar-refractivity contribution in [2.24, 2.45) is 0 Å². The molecule has 0 aliphatic carbocycles. The Labute approximate surface area is 120 Å². The maximum Gasteiger partial charge on any atom is 0.255 e. The number of carbonyl (C=O) groups is 1. The van der Waals surface area contributed by atoms with E-state index >= 15 is 0 Å². The SMILES string of the molecule is CC1CN(C(=O)c2cc(S)ccc2Br)CCS1. The lowest BCUT2D eigenvalue weighted by Gasteiger charge is -2.30. The first-order valence-corrected chi connectivity index (χ1v) is 7.76. The van der Waals surface area contributed by atoms with E-state index in [1.165, 1.54) is 0 Å². The van der Waals surface area contributed by atoms with Crippen LogP contribution in [-0.2, 0) is 0 Å². The Hall–Kier alpha value is -0.130. The monoisotopic (exact) mass is 331 g/mol. The minimum Gasteiger partial charge on any atom is -0.337 e. The number of halogens is 1. The molecule has 92 valence electrons. The van der Waals surface area contributed by atoms with Crippen LogP contribution in [0.1, 0.15) is 17.3 Å². The van der Waals surface area contributed by atoms with Crippen molar-refractivity contribution >= 4 is 46.2 Å². The van der Waals surface area contributed by atoms with Crippen LogP contribution in [0.3, 0.4) is 0 Å². The summed E-state index contributed by atoms with van der Waals surface area (Å²) < 4.78 is 0.839. The van der Waals surface area contributed by atoms with Crippen molar-refractivity contribution in [3.05, 3.63) is 28.2 Å². The van der Waals surface area contributed by atoms with Crippen LogP contribution < -0.4 is 0 Å². The molecule has 1 fully saturated rings. The maximum atomic E-state index is 12.4. The van der Waals surface area contributed by atoms with E-state index in [9.17, 15) is 4.79 Å². The van der Waals surface area contributed by atoms with E-state index in [4.69, 9.17) is 0 Å². The van der Waals surface area contributed by atoms with Crippen LogP contribution in [0.5, 0.6) is 0 Å². The molecule has 1 amide bonds. The van der Waals surface area contributed by atoms with Gasteiger partial charge in [-0.25, -0.2) is 0 Å². The molecule has 2 rings (SSSR count). The Morgan fingerprint density at radius 1 is 1.59 bits per heavy atom. The van der Waals surface area contributed by atoms with Gasteiger partial charge in [0.2, 0.25) is 0 Å². The van der Waals surface area contributed by atoms with Gasteiger partial charge >= 0.3 is 0 Å². The molecule has 1 saturated heterocycles. The summed E-state index contributed by atoms with van der Waals surface area (Å²) in [5.41, 5.74) is 0.705. The first-order chi connectivity index (χ1) is 8.08. The largest absolute Gasteiger partial charge is 0.337 e. The molecule has 2 nitrogen and oxygen atoms in total. The molecule has 1 aromatic carbocycles. The number of carbonyl (C=O) groups excluding carboxylic acids is 1. The highest BCUT2D eigenvalue weighted by atomic mass is 79.9. The summed E-state index contributed by atoms with van der Waals surface area (Å²) in [7, 11) is 0. The fourth-order valence-corrected chi connectivity index (χ4v) is 3.48. The molecule has 1 heterocycles. The molecular formula is C12H14BrNOS2. The third-order valence-corrected chi connectivity index (χ3v) is 4.81. The summed E-state index contributed by atoms with van der Waals surface area (Å²) in [5.74, 6) is 1.12. The molecule has 1 aliphatic heterocycles. The van der Waals surface area contributed by atoms with E-state index in [0.29, 0.717) is 10.8 Å². The first kappa shape index (κ1) is 13.3. The summed E-state index contributed by atoms with van der Waals surface area (Å²) >= 11 is 9.63. The number of hydrogen-bond donors (Lipinski definition) is 1. The Bertz CT molecular complexity index is 439.